The molecule has 1 saturated carbocycles. The highest BCUT2D eigenvalue weighted by atomic mass is 16.5. The molecule has 0 N–H and O–H groups in total. The molecule has 0 saturated heterocycles. The molecular formula is C22H34O3. The van der Waals surface area contributed by atoms with E-state index in [-0.39, 0.29) is 11.9 Å². The molecule has 1 fully saturated rings. The maximum absolute atomic E-state index is 12.4. The molecule has 0 bridgehead atoms. The van der Waals surface area contributed by atoms with Crippen molar-refractivity contribution in [3.8, 4) is 11.5 Å². The highest BCUT2D eigenvalue weighted by molar-refractivity contribution is 5.75. The van der Waals surface area contributed by atoms with Gasteiger partial charge < -0.3 is 9.47 Å². The molecule has 0 heterocycles. The summed E-state index contributed by atoms with van der Waals surface area (Å²) in [5.74, 6) is 2.28. The van der Waals surface area contributed by atoms with Crippen LogP contribution in [0, 0.1) is 11.8 Å². The Balaban J connectivity index is 1.71. The van der Waals surface area contributed by atoms with Gasteiger partial charge in [-0.3, -0.25) is 4.79 Å². The molecular weight excluding hydrogens is 312 g/mol. The fraction of sp³-hybridized carbons (Fsp3) is 0.682. The van der Waals surface area contributed by atoms with E-state index in [0.717, 1.165) is 44.0 Å². The van der Waals surface area contributed by atoms with E-state index in [1.54, 1.807) is 0 Å². The minimum Gasteiger partial charge on any atom is -0.494 e. The van der Waals surface area contributed by atoms with Gasteiger partial charge in [0.15, 0.2) is 0 Å². The van der Waals surface area contributed by atoms with Crippen LogP contribution in [0.25, 0.3) is 0 Å². The molecule has 0 aliphatic heterocycles. The lowest BCUT2D eigenvalue weighted by molar-refractivity contribution is -0.140. The quantitative estimate of drug-likeness (QED) is 0.289. The number of benzene rings is 1. The van der Waals surface area contributed by atoms with Crippen molar-refractivity contribution in [2.75, 3.05) is 6.61 Å². The molecule has 0 amide bonds. The molecule has 0 atom stereocenters. The Morgan fingerprint density at radius 3 is 2.20 bits per heavy atom. The SMILES string of the molecule is CCCCCC1CCC(C(=O)Oc2ccc(OCCCC)cc2)CC1. The van der Waals surface area contributed by atoms with Crippen LogP contribution >= 0.6 is 0 Å². The minimum atomic E-state index is -0.0633. The first-order valence-corrected chi connectivity index (χ1v) is 10.2. The van der Waals surface area contributed by atoms with E-state index in [9.17, 15) is 4.79 Å². The zero-order valence-electron chi connectivity index (χ0n) is 16.0. The monoisotopic (exact) mass is 346 g/mol. The van der Waals surface area contributed by atoms with Crippen molar-refractivity contribution in [3.63, 3.8) is 0 Å². The third-order valence-corrected chi connectivity index (χ3v) is 5.20. The lowest BCUT2D eigenvalue weighted by Gasteiger charge is -2.27. The molecule has 3 nitrogen and oxygen atoms in total. The van der Waals surface area contributed by atoms with Gasteiger partial charge in [0.05, 0.1) is 12.5 Å². The lowest BCUT2D eigenvalue weighted by Crippen LogP contribution is -2.25. The Labute approximate surface area is 153 Å². The highest BCUT2D eigenvalue weighted by Crippen LogP contribution is 2.33. The van der Waals surface area contributed by atoms with E-state index in [1.165, 1.54) is 38.5 Å². The van der Waals surface area contributed by atoms with Gasteiger partial charge in [-0.25, -0.2) is 0 Å². The number of carbonyl (C=O) groups is 1. The summed E-state index contributed by atoms with van der Waals surface area (Å²) in [5.41, 5.74) is 0. The largest absolute Gasteiger partial charge is 0.494 e. The summed E-state index contributed by atoms with van der Waals surface area (Å²) in [6.07, 6.45) is 11.8. The van der Waals surface area contributed by atoms with Crippen LogP contribution in [-0.2, 0) is 4.79 Å². The molecule has 1 aromatic carbocycles. The molecule has 2 rings (SSSR count). The lowest BCUT2D eigenvalue weighted by atomic mass is 9.80. The van der Waals surface area contributed by atoms with Gasteiger partial charge in [-0.2, -0.15) is 0 Å². The van der Waals surface area contributed by atoms with Crippen molar-refractivity contribution in [1.82, 2.24) is 0 Å². The van der Waals surface area contributed by atoms with Gasteiger partial charge in [0, 0.05) is 0 Å². The van der Waals surface area contributed by atoms with Crippen molar-refractivity contribution >= 4 is 5.97 Å². The number of hydrogen-bond acceptors (Lipinski definition) is 3. The number of ether oxygens (including phenoxy) is 2. The topological polar surface area (TPSA) is 35.5 Å². The molecule has 1 aromatic rings. The average Bonchev–Trinajstić information content (AvgIpc) is 2.64. The summed E-state index contributed by atoms with van der Waals surface area (Å²) in [7, 11) is 0. The molecule has 140 valence electrons. The Bertz CT molecular complexity index is 486. The second-order valence-corrected chi connectivity index (χ2v) is 7.31. The van der Waals surface area contributed by atoms with Crippen LogP contribution in [0.1, 0.15) is 78.1 Å². The van der Waals surface area contributed by atoms with Crippen LogP contribution in [-0.4, -0.2) is 12.6 Å². The predicted octanol–water partition coefficient (Wildman–Crippen LogP) is 6.16. The van der Waals surface area contributed by atoms with Gasteiger partial charge in [0.2, 0.25) is 0 Å². The van der Waals surface area contributed by atoms with Crippen LogP contribution in [0.2, 0.25) is 0 Å². The summed E-state index contributed by atoms with van der Waals surface area (Å²) in [4.78, 5) is 12.4. The third-order valence-electron chi connectivity index (χ3n) is 5.20. The van der Waals surface area contributed by atoms with E-state index in [0.29, 0.717) is 5.75 Å². The average molecular weight is 347 g/mol. The second kappa shape index (κ2) is 11.2. The Kier molecular flexibility index (Phi) is 8.85. The summed E-state index contributed by atoms with van der Waals surface area (Å²) < 4.78 is 11.2. The number of hydrogen-bond donors (Lipinski definition) is 0. The standard InChI is InChI=1S/C22H34O3/c1-3-5-7-8-18-9-11-19(12-10-18)22(23)25-21-15-13-20(14-16-21)24-17-6-4-2/h13-16,18-19H,3-12,17H2,1-2H3. The van der Waals surface area contributed by atoms with Crippen molar-refractivity contribution < 1.29 is 14.3 Å². The van der Waals surface area contributed by atoms with E-state index >= 15 is 0 Å². The van der Waals surface area contributed by atoms with Gasteiger partial charge in [-0.15, -0.1) is 0 Å². The molecule has 0 spiro atoms. The van der Waals surface area contributed by atoms with Gasteiger partial charge in [0.25, 0.3) is 0 Å². The van der Waals surface area contributed by atoms with Gasteiger partial charge >= 0.3 is 5.97 Å². The zero-order valence-corrected chi connectivity index (χ0v) is 16.0. The number of unbranched alkanes of at least 4 members (excludes halogenated alkanes) is 3. The summed E-state index contributed by atoms with van der Waals surface area (Å²) in [6.45, 7) is 5.12. The first-order chi connectivity index (χ1) is 12.2. The summed E-state index contributed by atoms with van der Waals surface area (Å²) in [5, 5.41) is 0. The van der Waals surface area contributed by atoms with E-state index in [2.05, 4.69) is 13.8 Å². The summed E-state index contributed by atoms with van der Waals surface area (Å²) in [6, 6.07) is 7.41. The Morgan fingerprint density at radius 2 is 1.56 bits per heavy atom. The van der Waals surface area contributed by atoms with E-state index in [1.807, 2.05) is 24.3 Å². The molecule has 0 aromatic heterocycles. The van der Waals surface area contributed by atoms with Gasteiger partial charge in [-0.1, -0.05) is 46.0 Å². The van der Waals surface area contributed by atoms with Crippen LogP contribution in [0.5, 0.6) is 11.5 Å². The fourth-order valence-corrected chi connectivity index (χ4v) is 3.51. The molecule has 3 heteroatoms. The molecule has 0 radical (unpaired) electrons. The van der Waals surface area contributed by atoms with Crippen LogP contribution in [0.3, 0.4) is 0 Å². The second-order valence-electron chi connectivity index (χ2n) is 7.31. The fourth-order valence-electron chi connectivity index (χ4n) is 3.51. The van der Waals surface area contributed by atoms with Crippen molar-refractivity contribution in [2.24, 2.45) is 11.8 Å². The first kappa shape index (κ1) is 19.8. The van der Waals surface area contributed by atoms with Gasteiger partial charge in [-0.05, 0) is 62.3 Å². The smallest absolute Gasteiger partial charge is 0.314 e. The number of rotatable bonds is 10. The van der Waals surface area contributed by atoms with Crippen LogP contribution < -0.4 is 9.47 Å². The zero-order chi connectivity index (χ0) is 17.9. The third kappa shape index (κ3) is 7.09. The summed E-state index contributed by atoms with van der Waals surface area (Å²) >= 11 is 0. The van der Waals surface area contributed by atoms with Crippen LogP contribution in [0.15, 0.2) is 24.3 Å². The first-order valence-electron chi connectivity index (χ1n) is 10.2. The minimum absolute atomic E-state index is 0.0633. The van der Waals surface area contributed by atoms with Gasteiger partial charge in [0.1, 0.15) is 11.5 Å². The number of esters is 1. The van der Waals surface area contributed by atoms with Crippen molar-refractivity contribution in [3.05, 3.63) is 24.3 Å². The molecule has 0 unspecified atom stereocenters. The maximum atomic E-state index is 12.4. The van der Waals surface area contributed by atoms with Crippen LogP contribution in [0.4, 0.5) is 0 Å². The number of carbonyl (C=O) groups excluding carboxylic acids is 1. The molecule has 1 aliphatic carbocycles. The maximum Gasteiger partial charge on any atom is 0.314 e. The Morgan fingerprint density at radius 1 is 0.920 bits per heavy atom. The predicted molar refractivity (Wildman–Crippen MR) is 102 cm³/mol. The van der Waals surface area contributed by atoms with E-state index in [4.69, 9.17) is 9.47 Å². The van der Waals surface area contributed by atoms with Crippen molar-refractivity contribution in [2.45, 2.75) is 78.1 Å². The molecule has 25 heavy (non-hydrogen) atoms. The Hall–Kier alpha value is -1.51. The normalized spacial score (nSPS) is 20.2. The van der Waals surface area contributed by atoms with E-state index < -0.39 is 0 Å². The highest BCUT2D eigenvalue weighted by Gasteiger charge is 2.27. The molecule has 1 aliphatic rings. The van der Waals surface area contributed by atoms with Crippen molar-refractivity contribution in [1.29, 1.82) is 0 Å².